The van der Waals surface area contributed by atoms with E-state index in [1.807, 2.05) is 4.90 Å². The van der Waals surface area contributed by atoms with Crippen LogP contribution < -0.4 is 5.32 Å². The van der Waals surface area contributed by atoms with E-state index < -0.39 is 0 Å². The number of amides is 2. The van der Waals surface area contributed by atoms with Gasteiger partial charge in [0, 0.05) is 26.1 Å². The molecule has 4 heteroatoms. The Morgan fingerprint density at radius 2 is 1.82 bits per heavy atom. The second-order valence-corrected chi connectivity index (χ2v) is 6.70. The second-order valence-electron chi connectivity index (χ2n) is 6.70. The highest BCUT2D eigenvalue weighted by atomic mass is 16.2. The third-order valence-electron chi connectivity index (χ3n) is 4.99. The van der Waals surface area contributed by atoms with E-state index in [4.69, 9.17) is 0 Å². The zero-order chi connectivity index (χ0) is 15.7. The van der Waals surface area contributed by atoms with E-state index in [-0.39, 0.29) is 17.2 Å². The predicted octanol–water partition coefficient (Wildman–Crippen LogP) is 2.07. The minimum atomic E-state index is -0.357. The van der Waals surface area contributed by atoms with Gasteiger partial charge in [-0.25, -0.2) is 0 Å². The van der Waals surface area contributed by atoms with Gasteiger partial charge in [-0.3, -0.25) is 9.59 Å². The lowest BCUT2D eigenvalue weighted by atomic mass is 9.63. The lowest BCUT2D eigenvalue weighted by molar-refractivity contribution is -0.140. The van der Waals surface area contributed by atoms with Gasteiger partial charge in [0.2, 0.25) is 11.8 Å². The van der Waals surface area contributed by atoms with E-state index in [1.54, 1.807) is 0 Å². The Morgan fingerprint density at radius 1 is 1.14 bits per heavy atom. The predicted molar refractivity (Wildman–Crippen MR) is 85.7 cm³/mol. The molecule has 1 N–H and O–H groups in total. The summed E-state index contributed by atoms with van der Waals surface area (Å²) in [6.45, 7) is 5.89. The van der Waals surface area contributed by atoms with Crippen LogP contribution in [0.4, 0.5) is 0 Å². The molecule has 2 aliphatic rings. The highest BCUT2D eigenvalue weighted by Gasteiger charge is 2.47. The van der Waals surface area contributed by atoms with Gasteiger partial charge in [0.25, 0.3) is 0 Å². The topological polar surface area (TPSA) is 49.4 Å². The van der Waals surface area contributed by atoms with Crippen LogP contribution in [0, 0.1) is 13.8 Å². The number of nitrogens with zero attached hydrogens (tertiary/aromatic N) is 1. The molecule has 118 valence electrons. The summed E-state index contributed by atoms with van der Waals surface area (Å²) in [6.07, 6.45) is 3.36. The molecule has 1 aromatic rings. The average Bonchev–Trinajstić information content (AvgIpc) is 2.61. The molecule has 2 fully saturated rings. The zero-order valence-corrected chi connectivity index (χ0v) is 13.4. The minimum Gasteiger partial charge on any atom is -0.354 e. The van der Waals surface area contributed by atoms with Gasteiger partial charge in [0.05, 0.1) is 5.41 Å². The fourth-order valence-corrected chi connectivity index (χ4v) is 3.68. The van der Waals surface area contributed by atoms with Crippen molar-refractivity contribution in [1.29, 1.82) is 0 Å². The second kappa shape index (κ2) is 5.75. The molecule has 0 aromatic heterocycles. The number of aryl methyl sites for hydroxylation is 2. The third kappa shape index (κ3) is 2.62. The van der Waals surface area contributed by atoms with Gasteiger partial charge < -0.3 is 10.2 Å². The molecule has 0 spiro atoms. The molecule has 1 aliphatic heterocycles. The van der Waals surface area contributed by atoms with Crippen molar-refractivity contribution in [3.05, 3.63) is 34.9 Å². The molecule has 0 radical (unpaired) electrons. The quantitative estimate of drug-likeness (QED) is 0.909. The number of benzene rings is 1. The highest BCUT2D eigenvalue weighted by molar-refractivity contribution is 5.90. The molecule has 1 aliphatic carbocycles. The molecule has 1 heterocycles. The fourth-order valence-electron chi connectivity index (χ4n) is 3.68. The van der Waals surface area contributed by atoms with Crippen molar-refractivity contribution in [3.63, 3.8) is 0 Å². The van der Waals surface area contributed by atoms with Crippen LogP contribution in [-0.2, 0) is 15.0 Å². The third-order valence-corrected chi connectivity index (χ3v) is 4.99. The van der Waals surface area contributed by atoms with Gasteiger partial charge in [-0.2, -0.15) is 0 Å². The van der Waals surface area contributed by atoms with Gasteiger partial charge in [-0.05, 0) is 32.3 Å². The van der Waals surface area contributed by atoms with Crippen LogP contribution in [0.1, 0.15) is 42.4 Å². The lowest BCUT2D eigenvalue weighted by Gasteiger charge is -2.44. The van der Waals surface area contributed by atoms with Gasteiger partial charge >= 0.3 is 0 Å². The van der Waals surface area contributed by atoms with E-state index in [2.05, 4.69) is 37.4 Å². The van der Waals surface area contributed by atoms with Crippen molar-refractivity contribution in [2.24, 2.45) is 0 Å². The standard InChI is InChI=1S/C18H24N2O2/c1-13-10-14(2)12-15(11-13)18(5-3-6-18)17(22)20-8-4-16(21)19-7-9-20/h10-12H,3-9H2,1-2H3,(H,19,21). The van der Waals surface area contributed by atoms with E-state index >= 15 is 0 Å². The molecule has 1 aromatic carbocycles. The van der Waals surface area contributed by atoms with E-state index in [1.165, 1.54) is 11.1 Å². The van der Waals surface area contributed by atoms with Crippen molar-refractivity contribution in [1.82, 2.24) is 10.2 Å². The summed E-state index contributed by atoms with van der Waals surface area (Å²) in [7, 11) is 0. The first-order valence-corrected chi connectivity index (χ1v) is 8.16. The van der Waals surface area contributed by atoms with Crippen molar-refractivity contribution in [2.45, 2.75) is 44.9 Å². The Morgan fingerprint density at radius 3 is 2.41 bits per heavy atom. The molecule has 3 rings (SSSR count). The van der Waals surface area contributed by atoms with Gasteiger partial charge in [0.15, 0.2) is 0 Å². The van der Waals surface area contributed by atoms with Crippen molar-refractivity contribution in [2.75, 3.05) is 19.6 Å². The van der Waals surface area contributed by atoms with Crippen molar-refractivity contribution in [3.8, 4) is 0 Å². The average molecular weight is 300 g/mol. The summed E-state index contributed by atoms with van der Waals surface area (Å²) in [5.41, 5.74) is 3.22. The van der Waals surface area contributed by atoms with Gasteiger partial charge in [-0.1, -0.05) is 35.7 Å². The maximum Gasteiger partial charge on any atom is 0.233 e. The Hall–Kier alpha value is -1.84. The number of nitrogens with one attached hydrogen (secondary N) is 1. The van der Waals surface area contributed by atoms with Crippen LogP contribution in [0.5, 0.6) is 0 Å². The van der Waals surface area contributed by atoms with Crippen LogP contribution in [0.3, 0.4) is 0 Å². The van der Waals surface area contributed by atoms with Gasteiger partial charge in [-0.15, -0.1) is 0 Å². The first kappa shape index (κ1) is 15.1. The largest absolute Gasteiger partial charge is 0.354 e. The number of hydrogen-bond donors (Lipinski definition) is 1. The Bertz CT molecular complexity index is 585. The summed E-state index contributed by atoms with van der Waals surface area (Å²) in [6, 6.07) is 6.46. The van der Waals surface area contributed by atoms with Crippen LogP contribution >= 0.6 is 0 Å². The zero-order valence-electron chi connectivity index (χ0n) is 13.4. The maximum absolute atomic E-state index is 13.2. The molecular formula is C18H24N2O2. The molecule has 1 saturated heterocycles. The van der Waals surface area contributed by atoms with Crippen LogP contribution in [-0.4, -0.2) is 36.3 Å². The molecule has 0 bridgehead atoms. The summed E-state index contributed by atoms with van der Waals surface area (Å²) in [5.74, 6) is 0.254. The van der Waals surface area contributed by atoms with Crippen LogP contribution in [0.15, 0.2) is 18.2 Å². The van der Waals surface area contributed by atoms with Crippen LogP contribution in [0.25, 0.3) is 0 Å². The number of rotatable bonds is 2. The van der Waals surface area contributed by atoms with Crippen molar-refractivity contribution < 1.29 is 9.59 Å². The Kier molecular flexibility index (Phi) is 3.94. The lowest BCUT2D eigenvalue weighted by Crippen LogP contribution is -2.52. The minimum absolute atomic E-state index is 0.0457. The molecule has 4 nitrogen and oxygen atoms in total. The maximum atomic E-state index is 13.2. The molecule has 0 atom stereocenters. The van der Waals surface area contributed by atoms with Gasteiger partial charge in [0.1, 0.15) is 0 Å². The molecule has 22 heavy (non-hydrogen) atoms. The highest BCUT2D eigenvalue weighted by Crippen LogP contribution is 2.45. The first-order valence-electron chi connectivity index (χ1n) is 8.16. The smallest absolute Gasteiger partial charge is 0.233 e. The molecule has 2 amide bonds. The van der Waals surface area contributed by atoms with E-state index in [0.29, 0.717) is 26.1 Å². The van der Waals surface area contributed by atoms with E-state index in [0.717, 1.165) is 24.8 Å². The summed E-state index contributed by atoms with van der Waals surface area (Å²) in [5, 5.41) is 2.84. The summed E-state index contributed by atoms with van der Waals surface area (Å²) >= 11 is 0. The first-order chi connectivity index (χ1) is 10.5. The van der Waals surface area contributed by atoms with E-state index in [9.17, 15) is 9.59 Å². The number of carbonyl (C=O) groups excluding carboxylic acids is 2. The van der Waals surface area contributed by atoms with Crippen LogP contribution in [0.2, 0.25) is 0 Å². The Labute approximate surface area is 131 Å². The Balaban J connectivity index is 1.89. The number of hydrogen-bond acceptors (Lipinski definition) is 2. The SMILES string of the molecule is Cc1cc(C)cc(C2(C(=O)N3CCNC(=O)CC3)CCC2)c1. The summed E-state index contributed by atoms with van der Waals surface area (Å²) in [4.78, 5) is 26.5. The molecule has 0 unspecified atom stereocenters. The summed E-state index contributed by atoms with van der Waals surface area (Å²) < 4.78 is 0. The monoisotopic (exact) mass is 300 g/mol. The van der Waals surface area contributed by atoms with Crippen molar-refractivity contribution >= 4 is 11.8 Å². The normalized spacial score (nSPS) is 20.8. The molecular weight excluding hydrogens is 276 g/mol. The number of carbonyl (C=O) groups is 2. The fraction of sp³-hybridized carbons (Fsp3) is 0.556. The molecule has 1 saturated carbocycles.